The van der Waals surface area contributed by atoms with Crippen molar-refractivity contribution < 1.29 is 0 Å². The van der Waals surface area contributed by atoms with E-state index < -0.39 is 0 Å². The molecule has 8 rings (SSSR count). The smallest absolute Gasteiger partial charge is 0.0817 e. The van der Waals surface area contributed by atoms with Crippen LogP contribution < -0.4 is 5.73 Å². The molecule has 1 aliphatic rings. The first-order valence-corrected chi connectivity index (χ1v) is 12.2. The molecule has 0 saturated heterocycles. The fraction of sp³-hybridized carbons (Fsp3) is 0. The Labute approximate surface area is 207 Å². The van der Waals surface area contributed by atoms with Gasteiger partial charge < -0.3 is 5.73 Å². The summed E-state index contributed by atoms with van der Waals surface area (Å²) in [6.45, 7) is 0. The molecule has 3 nitrogen and oxygen atoms in total. The molecule has 0 bridgehead atoms. The van der Waals surface area contributed by atoms with Gasteiger partial charge in [-0.3, -0.25) is 0 Å². The van der Waals surface area contributed by atoms with Crippen LogP contribution in [0.1, 0.15) is 0 Å². The van der Waals surface area contributed by atoms with E-state index in [4.69, 9.17) is 10.8 Å². The Hall–Kier alpha value is -4.89. The maximum Gasteiger partial charge on any atom is 0.0817 e. The molecule has 1 aromatic heterocycles. The molecule has 36 heavy (non-hydrogen) atoms. The first kappa shape index (κ1) is 19.4. The lowest BCUT2D eigenvalue weighted by molar-refractivity contribution is 0.980. The minimum absolute atomic E-state index is 1.10. The van der Waals surface area contributed by atoms with E-state index in [9.17, 15) is 0 Å². The van der Waals surface area contributed by atoms with Crippen molar-refractivity contribution in [3.8, 4) is 22.3 Å². The highest BCUT2D eigenvalue weighted by Gasteiger charge is 2.27. The largest absolute Gasteiger partial charge is 0.405 e. The average molecular weight is 460 g/mol. The summed E-state index contributed by atoms with van der Waals surface area (Å²) in [6, 6.07) is 35.3. The molecule has 0 fully saturated rings. The van der Waals surface area contributed by atoms with Gasteiger partial charge in [-0.05, 0) is 68.2 Å². The van der Waals surface area contributed by atoms with Gasteiger partial charge in [0, 0.05) is 27.8 Å². The molecule has 0 unspecified atom stereocenters. The van der Waals surface area contributed by atoms with Crippen molar-refractivity contribution in [2.24, 2.45) is 10.8 Å². The third kappa shape index (κ3) is 2.34. The number of allylic oxidation sites excluding steroid dienone is 1. The molecule has 0 spiro atoms. The Kier molecular flexibility index (Phi) is 3.81. The monoisotopic (exact) mass is 459 g/mol. The maximum absolute atomic E-state index is 5.64. The Morgan fingerprint density at radius 1 is 0.583 bits per heavy atom. The molecule has 0 saturated carbocycles. The van der Waals surface area contributed by atoms with Crippen LogP contribution in [0, 0.1) is 0 Å². The van der Waals surface area contributed by atoms with Gasteiger partial charge in [0.25, 0.3) is 0 Å². The van der Waals surface area contributed by atoms with Crippen LogP contribution in [0.3, 0.4) is 0 Å². The van der Waals surface area contributed by atoms with Gasteiger partial charge in [-0.2, -0.15) is 5.10 Å². The van der Waals surface area contributed by atoms with Gasteiger partial charge in [0.05, 0.1) is 11.0 Å². The van der Waals surface area contributed by atoms with Crippen molar-refractivity contribution in [3.05, 3.63) is 109 Å². The summed E-state index contributed by atoms with van der Waals surface area (Å²) < 4.78 is 2.10. The van der Waals surface area contributed by atoms with Crippen molar-refractivity contribution in [2.45, 2.75) is 0 Å². The highest BCUT2D eigenvalue weighted by molar-refractivity contribution is 6.41. The zero-order valence-electron chi connectivity index (χ0n) is 19.4. The normalized spacial score (nSPS) is 12.9. The molecule has 6 aromatic carbocycles. The van der Waals surface area contributed by atoms with Crippen LogP contribution >= 0.6 is 0 Å². The second kappa shape index (κ2) is 7.06. The lowest BCUT2D eigenvalue weighted by Crippen LogP contribution is -1.93. The number of rotatable bonds is 2. The van der Waals surface area contributed by atoms with Crippen molar-refractivity contribution >= 4 is 60.3 Å². The van der Waals surface area contributed by atoms with Crippen LogP contribution in [0.2, 0.25) is 0 Å². The fourth-order valence-corrected chi connectivity index (χ4v) is 6.28. The van der Waals surface area contributed by atoms with E-state index in [1.165, 1.54) is 71.5 Å². The van der Waals surface area contributed by atoms with Crippen molar-refractivity contribution in [2.75, 3.05) is 0 Å². The fourth-order valence-electron chi connectivity index (χ4n) is 6.28. The summed E-state index contributed by atoms with van der Waals surface area (Å²) in [5.41, 5.74) is 12.9. The number of aromatic nitrogens is 1. The highest BCUT2D eigenvalue weighted by Crippen LogP contribution is 2.52. The predicted molar refractivity (Wildman–Crippen MR) is 154 cm³/mol. The standard InChI is InChI=1S/C33H21N3/c34-17-8-18-35-36-28-16-7-15-24-22-11-3-4-12-23(22)27-19-20-9-1-2-10-21(20)29-25-13-5-6-14-26(25)33(36)32(30(24)28)31(27)29/h1-19H,34H2. The molecular weight excluding hydrogens is 438 g/mol. The zero-order chi connectivity index (χ0) is 23.8. The highest BCUT2D eigenvalue weighted by atomic mass is 15.3. The summed E-state index contributed by atoms with van der Waals surface area (Å²) in [5.74, 6) is 0. The Bertz CT molecular complexity index is 2110. The third-order valence-electron chi connectivity index (χ3n) is 7.61. The average Bonchev–Trinajstić information content (AvgIpc) is 3.21. The molecular formula is C33H21N3. The molecule has 1 aliphatic carbocycles. The van der Waals surface area contributed by atoms with Gasteiger partial charge in [0.2, 0.25) is 0 Å². The number of nitrogens with zero attached hydrogens (tertiary/aromatic N) is 2. The van der Waals surface area contributed by atoms with Gasteiger partial charge in [-0.25, -0.2) is 4.68 Å². The molecule has 7 aromatic rings. The number of hydrogen-bond donors (Lipinski definition) is 1. The Morgan fingerprint density at radius 2 is 1.28 bits per heavy atom. The molecule has 0 amide bonds. The van der Waals surface area contributed by atoms with Crippen LogP contribution in [0.5, 0.6) is 0 Å². The van der Waals surface area contributed by atoms with E-state index in [1.54, 1.807) is 12.3 Å². The molecule has 0 aliphatic heterocycles. The number of hydrogen-bond acceptors (Lipinski definition) is 2. The summed E-state index contributed by atoms with van der Waals surface area (Å²) in [4.78, 5) is 0. The van der Waals surface area contributed by atoms with E-state index in [-0.39, 0.29) is 0 Å². The first-order chi connectivity index (χ1) is 17.9. The minimum Gasteiger partial charge on any atom is -0.405 e. The van der Waals surface area contributed by atoms with Gasteiger partial charge in [-0.1, -0.05) is 84.9 Å². The van der Waals surface area contributed by atoms with Crippen molar-refractivity contribution in [1.29, 1.82) is 0 Å². The van der Waals surface area contributed by atoms with E-state index in [0.717, 1.165) is 11.0 Å². The molecule has 2 N–H and O–H groups in total. The van der Waals surface area contributed by atoms with Gasteiger partial charge in [0.15, 0.2) is 0 Å². The topological polar surface area (TPSA) is 43.3 Å². The lowest BCUT2D eigenvalue weighted by Gasteiger charge is -2.16. The number of fused-ring (bicyclic) bond motifs is 8. The maximum atomic E-state index is 5.64. The molecule has 1 heterocycles. The second-order valence-corrected chi connectivity index (χ2v) is 9.37. The zero-order valence-corrected chi connectivity index (χ0v) is 19.4. The van der Waals surface area contributed by atoms with E-state index >= 15 is 0 Å². The summed E-state index contributed by atoms with van der Waals surface area (Å²) in [6.07, 6.45) is 5.05. The molecule has 168 valence electrons. The van der Waals surface area contributed by atoms with E-state index in [0.29, 0.717) is 0 Å². The first-order valence-electron chi connectivity index (χ1n) is 12.2. The second-order valence-electron chi connectivity index (χ2n) is 9.37. The number of benzene rings is 6. The van der Waals surface area contributed by atoms with Crippen LogP contribution in [-0.4, -0.2) is 10.9 Å². The van der Waals surface area contributed by atoms with E-state index in [1.807, 2.05) is 0 Å². The molecule has 0 radical (unpaired) electrons. The number of nitrogens with two attached hydrogens (primary N) is 1. The Morgan fingerprint density at radius 3 is 2.11 bits per heavy atom. The van der Waals surface area contributed by atoms with Gasteiger partial charge in [-0.15, -0.1) is 0 Å². The molecule has 0 atom stereocenters. The van der Waals surface area contributed by atoms with Crippen molar-refractivity contribution in [1.82, 2.24) is 4.68 Å². The van der Waals surface area contributed by atoms with Crippen LogP contribution in [-0.2, 0) is 0 Å². The van der Waals surface area contributed by atoms with Crippen LogP contribution in [0.25, 0.3) is 76.4 Å². The lowest BCUT2D eigenvalue weighted by atomic mass is 9.88. The predicted octanol–water partition coefficient (Wildman–Crippen LogP) is 8.21. The Balaban J connectivity index is 1.80. The summed E-state index contributed by atoms with van der Waals surface area (Å²) in [7, 11) is 0. The molecule has 3 heteroatoms. The van der Waals surface area contributed by atoms with Crippen LogP contribution in [0.15, 0.2) is 114 Å². The van der Waals surface area contributed by atoms with Gasteiger partial charge >= 0.3 is 0 Å². The summed E-state index contributed by atoms with van der Waals surface area (Å²) in [5, 5.41) is 15.0. The SMILES string of the molecule is NC=CC=Nn1c2cccc3c2c2c4c(cc5ccccc5c4c4ccccc4c21)-c1ccccc1-3. The van der Waals surface area contributed by atoms with Crippen molar-refractivity contribution in [3.63, 3.8) is 0 Å². The van der Waals surface area contributed by atoms with E-state index in [2.05, 4.69) is 102 Å². The van der Waals surface area contributed by atoms with Gasteiger partial charge in [0.1, 0.15) is 0 Å². The van der Waals surface area contributed by atoms with Crippen LogP contribution in [0.4, 0.5) is 0 Å². The minimum atomic E-state index is 1.10. The summed E-state index contributed by atoms with van der Waals surface area (Å²) >= 11 is 0. The quantitative estimate of drug-likeness (QED) is 0.205. The third-order valence-corrected chi connectivity index (χ3v) is 7.61.